The van der Waals surface area contributed by atoms with E-state index in [9.17, 15) is 20.2 Å². The third-order valence-electron chi connectivity index (χ3n) is 5.17. The highest BCUT2D eigenvalue weighted by molar-refractivity contribution is 7.11. The van der Waals surface area contributed by atoms with Crippen LogP contribution in [-0.2, 0) is 0 Å². The van der Waals surface area contributed by atoms with Gasteiger partial charge < -0.3 is 8.83 Å². The van der Waals surface area contributed by atoms with Crippen LogP contribution < -0.4 is 5.63 Å². The summed E-state index contributed by atoms with van der Waals surface area (Å²) in [5.41, 5.74) is 1.02. The first-order valence-electron chi connectivity index (χ1n) is 10.2. The van der Waals surface area contributed by atoms with E-state index in [1.807, 2.05) is 0 Å². The number of nitrogens with zero attached hydrogens (tertiary/aromatic N) is 3. The summed E-state index contributed by atoms with van der Waals surface area (Å²) in [5, 5.41) is 24.0. The Morgan fingerprint density at radius 3 is 2.67 bits per heavy atom. The zero-order valence-corrected chi connectivity index (χ0v) is 20.2. The van der Waals surface area contributed by atoms with E-state index >= 15 is 0 Å². The maximum absolute atomic E-state index is 12.5. The van der Waals surface area contributed by atoms with Crippen molar-refractivity contribution in [1.29, 1.82) is 5.26 Å². The number of fused-ring (bicyclic) bond motifs is 1. The lowest BCUT2D eigenvalue weighted by molar-refractivity contribution is -0.384. The van der Waals surface area contributed by atoms with Gasteiger partial charge in [0.05, 0.1) is 26.8 Å². The van der Waals surface area contributed by atoms with E-state index in [1.165, 1.54) is 35.6 Å². The molecular formula is C25H11Cl2N3O5S. The molecule has 0 saturated heterocycles. The summed E-state index contributed by atoms with van der Waals surface area (Å²) in [6.07, 6.45) is 1.51. The predicted molar refractivity (Wildman–Crippen MR) is 138 cm³/mol. The number of nitriles is 1. The molecule has 0 amide bonds. The maximum Gasteiger partial charge on any atom is 0.345 e. The van der Waals surface area contributed by atoms with Crippen molar-refractivity contribution in [2.45, 2.75) is 0 Å². The molecule has 11 heteroatoms. The van der Waals surface area contributed by atoms with Crippen LogP contribution in [0.3, 0.4) is 0 Å². The van der Waals surface area contributed by atoms with Crippen LogP contribution in [0, 0.1) is 21.4 Å². The van der Waals surface area contributed by atoms with E-state index in [2.05, 4.69) is 11.1 Å². The molecule has 0 radical (unpaired) electrons. The van der Waals surface area contributed by atoms with Crippen LogP contribution in [0.1, 0.15) is 10.8 Å². The molecule has 0 aliphatic carbocycles. The van der Waals surface area contributed by atoms with E-state index in [0.717, 1.165) is 0 Å². The number of nitro groups is 1. The standard InChI is InChI=1S/C25H11Cl2N3O5S/c26-15-1-5-22-13(7-15)9-19(25(31)35-22)21-12-36-24(29-21)14(11-28)8-17-3-6-23(34-17)18-4-2-16(30(32)33)10-20(18)27/h1-10,12H/b14-8+. The number of benzene rings is 2. The second kappa shape index (κ2) is 9.43. The van der Waals surface area contributed by atoms with Gasteiger partial charge in [0.2, 0.25) is 0 Å². The van der Waals surface area contributed by atoms with E-state index in [0.29, 0.717) is 43.8 Å². The molecule has 0 unspecified atom stereocenters. The number of allylic oxidation sites excluding steroid dienone is 1. The highest BCUT2D eigenvalue weighted by Gasteiger charge is 2.16. The molecule has 0 bridgehead atoms. The van der Waals surface area contributed by atoms with Gasteiger partial charge in [-0.25, -0.2) is 9.78 Å². The van der Waals surface area contributed by atoms with E-state index in [4.69, 9.17) is 32.0 Å². The zero-order valence-electron chi connectivity index (χ0n) is 17.9. The Kier molecular flexibility index (Phi) is 6.16. The van der Waals surface area contributed by atoms with Gasteiger partial charge in [0, 0.05) is 39.6 Å². The van der Waals surface area contributed by atoms with Gasteiger partial charge in [0.25, 0.3) is 5.69 Å². The Balaban J connectivity index is 1.46. The molecule has 0 spiro atoms. The van der Waals surface area contributed by atoms with Crippen LogP contribution >= 0.6 is 34.5 Å². The summed E-state index contributed by atoms with van der Waals surface area (Å²) in [5.74, 6) is 0.735. The Hall–Kier alpha value is -4.23. The summed E-state index contributed by atoms with van der Waals surface area (Å²) in [7, 11) is 0. The van der Waals surface area contributed by atoms with Crippen molar-refractivity contribution in [3.8, 4) is 28.7 Å². The van der Waals surface area contributed by atoms with Crippen molar-refractivity contribution in [3.05, 3.63) is 101 Å². The van der Waals surface area contributed by atoms with Crippen molar-refractivity contribution in [2.24, 2.45) is 0 Å². The Morgan fingerprint density at radius 1 is 1.08 bits per heavy atom. The number of nitro benzene ring substituents is 1. The maximum atomic E-state index is 12.5. The van der Waals surface area contributed by atoms with Crippen LogP contribution in [0.25, 0.3) is 45.2 Å². The molecule has 8 nitrogen and oxygen atoms in total. The third-order valence-corrected chi connectivity index (χ3v) is 6.59. The molecule has 0 atom stereocenters. The van der Waals surface area contributed by atoms with Crippen molar-refractivity contribution < 1.29 is 13.8 Å². The van der Waals surface area contributed by atoms with Gasteiger partial charge in [-0.15, -0.1) is 11.3 Å². The van der Waals surface area contributed by atoms with Gasteiger partial charge in [0.1, 0.15) is 28.2 Å². The van der Waals surface area contributed by atoms with Gasteiger partial charge in [-0.1, -0.05) is 23.2 Å². The van der Waals surface area contributed by atoms with Crippen LogP contribution in [0.15, 0.2) is 73.6 Å². The minimum absolute atomic E-state index is 0.134. The molecule has 36 heavy (non-hydrogen) atoms. The van der Waals surface area contributed by atoms with Crippen molar-refractivity contribution in [2.75, 3.05) is 0 Å². The second-order valence-corrected chi connectivity index (χ2v) is 9.16. The SMILES string of the molecule is N#C/C(=C\c1ccc(-c2ccc([N+](=O)[O-])cc2Cl)o1)c1nc(-c2cc3cc(Cl)ccc3oc2=O)cs1. The summed E-state index contributed by atoms with van der Waals surface area (Å²) in [4.78, 5) is 27.3. The molecule has 5 rings (SSSR count). The average molecular weight is 536 g/mol. The number of halogens is 2. The molecular weight excluding hydrogens is 525 g/mol. The van der Waals surface area contributed by atoms with Crippen molar-refractivity contribution in [1.82, 2.24) is 4.98 Å². The molecule has 3 heterocycles. The monoisotopic (exact) mass is 535 g/mol. The van der Waals surface area contributed by atoms with Crippen molar-refractivity contribution in [3.63, 3.8) is 0 Å². The van der Waals surface area contributed by atoms with Crippen molar-refractivity contribution >= 4 is 62.8 Å². The van der Waals surface area contributed by atoms with Crippen LogP contribution in [0.2, 0.25) is 10.0 Å². The number of hydrogen-bond acceptors (Lipinski definition) is 8. The van der Waals surface area contributed by atoms with Crippen LogP contribution in [0.4, 0.5) is 5.69 Å². The molecule has 5 aromatic rings. The van der Waals surface area contributed by atoms with Crippen LogP contribution in [0.5, 0.6) is 0 Å². The molecule has 0 fully saturated rings. The lowest BCUT2D eigenvalue weighted by atomic mass is 10.1. The first-order valence-corrected chi connectivity index (χ1v) is 11.8. The highest BCUT2D eigenvalue weighted by atomic mass is 35.5. The summed E-state index contributed by atoms with van der Waals surface area (Å²) in [6.45, 7) is 0. The molecule has 0 aliphatic rings. The van der Waals surface area contributed by atoms with Gasteiger partial charge in [-0.2, -0.15) is 5.26 Å². The molecule has 0 aliphatic heterocycles. The second-order valence-electron chi connectivity index (χ2n) is 7.46. The molecule has 0 saturated carbocycles. The van der Waals surface area contributed by atoms with Gasteiger partial charge >= 0.3 is 5.63 Å². The lowest BCUT2D eigenvalue weighted by Crippen LogP contribution is -2.02. The first kappa shape index (κ1) is 23.5. The van der Waals surface area contributed by atoms with Gasteiger partial charge in [-0.05, 0) is 42.5 Å². The Labute approximate surface area is 216 Å². The molecule has 2 aromatic carbocycles. The fraction of sp³-hybridized carbons (Fsp3) is 0. The normalized spacial score (nSPS) is 11.5. The number of aromatic nitrogens is 1. The largest absolute Gasteiger partial charge is 0.457 e. The summed E-state index contributed by atoms with van der Waals surface area (Å²) >= 11 is 13.4. The lowest BCUT2D eigenvalue weighted by Gasteiger charge is -2.01. The zero-order chi connectivity index (χ0) is 25.4. The van der Waals surface area contributed by atoms with E-state index in [-0.39, 0.29) is 21.8 Å². The first-order chi connectivity index (χ1) is 17.3. The predicted octanol–water partition coefficient (Wildman–Crippen LogP) is 7.46. The Bertz CT molecular complexity index is 1800. The number of non-ortho nitro benzene ring substituents is 1. The van der Waals surface area contributed by atoms with Crippen LogP contribution in [-0.4, -0.2) is 9.91 Å². The number of hydrogen-bond donors (Lipinski definition) is 0. The fourth-order valence-electron chi connectivity index (χ4n) is 3.47. The Morgan fingerprint density at radius 2 is 1.92 bits per heavy atom. The fourth-order valence-corrected chi connectivity index (χ4v) is 4.70. The average Bonchev–Trinajstić information content (AvgIpc) is 3.52. The smallest absolute Gasteiger partial charge is 0.345 e. The summed E-state index contributed by atoms with van der Waals surface area (Å²) < 4.78 is 11.2. The highest BCUT2D eigenvalue weighted by Crippen LogP contribution is 2.34. The number of thiazole rings is 1. The number of rotatable bonds is 5. The van der Waals surface area contributed by atoms with Gasteiger partial charge in [0.15, 0.2) is 0 Å². The van der Waals surface area contributed by atoms with Gasteiger partial charge in [-0.3, -0.25) is 10.1 Å². The number of furan rings is 1. The molecule has 0 N–H and O–H groups in total. The minimum Gasteiger partial charge on any atom is -0.457 e. The van der Waals surface area contributed by atoms with E-state index in [1.54, 1.807) is 41.8 Å². The quantitative estimate of drug-likeness (QED) is 0.0989. The summed E-state index contributed by atoms with van der Waals surface area (Å²) in [6, 6.07) is 16.0. The molecule has 3 aromatic heterocycles. The molecule has 176 valence electrons. The van der Waals surface area contributed by atoms with E-state index < -0.39 is 10.5 Å². The minimum atomic E-state index is -0.556. The third kappa shape index (κ3) is 4.53. The topological polar surface area (TPSA) is 123 Å².